The lowest BCUT2D eigenvalue weighted by Crippen LogP contribution is -2.30. The minimum absolute atomic E-state index is 0.192. The number of para-hydroxylation sites is 1. The van der Waals surface area contributed by atoms with E-state index >= 15 is 0 Å². The lowest BCUT2D eigenvalue weighted by molar-refractivity contribution is 0.0985. The second-order valence-corrected chi connectivity index (χ2v) is 11.2. The van der Waals surface area contributed by atoms with Gasteiger partial charge >= 0.3 is 0 Å². The lowest BCUT2D eigenvalue weighted by Gasteiger charge is -2.20. The van der Waals surface area contributed by atoms with E-state index in [9.17, 15) is 13.2 Å². The number of nitrogens with zero attached hydrogens (tertiary/aromatic N) is 3. The molecule has 0 aliphatic carbocycles. The van der Waals surface area contributed by atoms with Gasteiger partial charge in [-0.1, -0.05) is 23.5 Å². The minimum Gasteiger partial charge on any atom is -0.494 e. The molecule has 0 N–H and O–H groups in total. The third kappa shape index (κ3) is 4.60. The lowest BCUT2D eigenvalue weighted by atomic mass is 10.2. The minimum atomic E-state index is -3.42. The number of hydrogen-bond donors (Lipinski definition) is 0. The van der Waals surface area contributed by atoms with Crippen molar-refractivity contribution in [1.29, 1.82) is 0 Å². The van der Waals surface area contributed by atoms with Crippen molar-refractivity contribution in [1.82, 2.24) is 9.97 Å². The fraction of sp³-hybridized carbons (Fsp3) is 0.208. The number of sulfone groups is 1. The van der Waals surface area contributed by atoms with Crippen molar-refractivity contribution in [2.45, 2.75) is 30.5 Å². The fourth-order valence-corrected chi connectivity index (χ4v) is 5.35. The molecule has 0 spiro atoms. The fourth-order valence-electron chi connectivity index (χ4n) is 3.31. The number of methoxy groups -OCH3 is 1. The van der Waals surface area contributed by atoms with Gasteiger partial charge in [0.25, 0.3) is 5.91 Å². The number of amides is 1. The average Bonchev–Trinajstić information content (AvgIpc) is 3.27. The predicted molar refractivity (Wildman–Crippen MR) is 130 cm³/mol. The van der Waals surface area contributed by atoms with Crippen molar-refractivity contribution < 1.29 is 17.9 Å². The highest BCUT2D eigenvalue weighted by Gasteiger charge is 2.24. The predicted octanol–water partition coefficient (Wildman–Crippen LogP) is 4.73. The van der Waals surface area contributed by atoms with Crippen LogP contribution in [-0.2, 0) is 16.4 Å². The number of ether oxygens (including phenoxy) is 1. The van der Waals surface area contributed by atoms with E-state index in [2.05, 4.69) is 9.97 Å². The standard InChI is InChI=1S/C24H23N3O4S2/c1-16(2)33(29,30)19-11-9-18(10-12-19)23(28)27(15-17-6-5-13-25-14-17)24-26-22-20(31-3)7-4-8-21(22)32-24/h4-14,16H,15H2,1-3H3. The van der Waals surface area contributed by atoms with E-state index in [0.29, 0.717) is 22.0 Å². The highest BCUT2D eigenvalue weighted by molar-refractivity contribution is 7.92. The average molecular weight is 482 g/mol. The third-order valence-corrected chi connectivity index (χ3v) is 8.39. The molecule has 9 heteroatoms. The zero-order valence-electron chi connectivity index (χ0n) is 18.4. The molecule has 2 aromatic carbocycles. The zero-order chi connectivity index (χ0) is 23.6. The molecule has 2 aromatic heterocycles. The van der Waals surface area contributed by atoms with E-state index < -0.39 is 15.1 Å². The summed E-state index contributed by atoms with van der Waals surface area (Å²) in [7, 11) is -1.84. The summed E-state index contributed by atoms with van der Waals surface area (Å²) in [5.74, 6) is 0.345. The number of fused-ring (bicyclic) bond motifs is 1. The van der Waals surface area contributed by atoms with Crippen LogP contribution in [-0.4, -0.2) is 36.7 Å². The Morgan fingerprint density at radius 1 is 1.09 bits per heavy atom. The van der Waals surface area contributed by atoms with Crippen LogP contribution >= 0.6 is 11.3 Å². The van der Waals surface area contributed by atoms with E-state index in [1.165, 1.54) is 23.5 Å². The van der Waals surface area contributed by atoms with E-state index in [-0.39, 0.29) is 17.3 Å². The summed E-state index contributed by atoms with van der Waals surface area (Å²) in [4.78, 5) is 24.2. The summed E-state index contributed by atoms with van der Waals surface area (Å²) in [5.41, 5.74) is 1.89. The van der Waals surface area contributed by atoms with Gasteiger partial charge in [-0.15, -0.1) is 0 Å². The van der Waals surface area contributed by atoms with Crippen LogP contribution in [0.25, 0.3) is 10.2 Å². The van der Waals surface area contributed by atoms with Gasteiger partial charge in [0, 0.05) is 18.0 Å². The van der Waals surface area contributed by atoms with Gasteiger partial charge in [-0.3, -0.25) is 14.7 Å². The van der Waals surface area contributed by atoms with E-state index in [1.54, 1.807) is 50.4 Å². The van der Waals surface area contributed by atoms with Crippen LogP contribution in [0.3, 0.4) is 0 Å². The van der Waals surface area contributed by atoms with Crippen LogP contribution in [0, 0.1) is 0 Å². The molecule has 0 atom stereocenters. The number of rotatable bonds is 7. The first-order valence-corrected chi connectivity index (χ1v) is 12.7. The molecule has 0 aliphatic heterocycles. The number of aromatic nitrogens is 2. The van der Waals surface area contributed by atoms with Gasteiger partial charge in [0.05, 0.1) is 28.5 Å². The number of pyridine rings is 1. The number of anilines is 1. The second-order valence-electron chi connectivity index (χ2n) is 7.67. The van der Waals surface area contributed by atoms with Crippen LogP contribution in [0.15, 0.2) is 71.9 Å². The first-order valence-electron chi connectivity index (χ1n) is 10.3. The van der Waals surface area contributed by atoms with Crippen molar-refractivity contribution in [2.75, 3.05) is 12.0 Å². The molecule has 0 fully saturated rings. The van der Waals surface area contributed by atoms with Crippen molar-refractivity contribution in [2.24, 2.45) is 0 Å². The van der Waals surface area contributed by atoms with Gasteiger partial charge in [0.15, 0.2) is 15.0 Å². The summed E-state index contributed by atoms with van der Waals surface area (Å²) < 4.78 is 31.2. The molecule has 4 aromatic rings. The van der Waals surface area contributed by atoms with Gasteiger partial charge in [0.2, 0.25) is 0 Å². The number of benzene rings is 2. The van der Waals surface area contributed by atoms with Crippen LogP contribution in [0.5, 0.6) is 5.75 Å². The van der Waals surface area contributed by atoms with E-state index in [0.717, 1.165) is 10.3 Å². The number of thiazole rings is 1. The monoisotopic (exact) mass is 481 g/mol. The largest absolute Gasteiger partial charge is 0.494 e. The Kier molecular flexibility index (Phi) is 6.44. The molecule has 170 valence electrons. The Morgan fingerprint density at radius 2 is 1.85 bits per heavy atom. The smallest absolute Gasteiger partial charge is 0.260 e. The molecular weight excluding hydrogens is 458 g/mol. The molecule has 7 nitrogen and oxygen atoms in total. The first-order chi connectivity index (χ1) is 15.8. The number of carbonyl (C=O) groups is 1. The van der Waals surface area contributed by atoms with Gasteiger partial charge in [-0.25, -0.2) is 13.4 Å². The van der Waals surface area contributed by atoms with Crippen molar-refractivity contribution in [3.05, 3.63) is 78.1 Å². The van der Waals surface area contributed by atoms with Crippen molar-refractivity contribution >= 4 is 42.4 Å². The normalized spacial score (nSPS) is 11.6. The molecule has 2 heterocycles. The summed E-state index contributed by atoms with van der Waals surface area (Å²) in [6.45, 7) is 3.53. The van der Waals surface area contributed by atoms with E-state index in [1.807, 2.05) is 30.3 Å². The summed E-state index contributed by atoms with van der Waals surface area (Å²) in [5, 5.41) is -0.0268. The second kappa shape index (κ2) is 9.29. The van der Waals surface area contributed by atoms with Crippen molar-refractivity contribution in [3.63, 3.8) is 0 Å². The molecule has 0 saturated heterocycles. The Bertz CT molecular complexity index is 1380. The number of hydrogen-bond acceptors (Lipinski definition) is 7. The quantitative estimate of drug-likeness (QED) is 0.379. The van der Waals surface area contributed by atoms with Gasteiger partial charge in [0.1, 0.15) is 11.3 Å². The topological polar surface area (TPSA) is 89.5 Å². The van der Waals surface area contributed by atoms with Crippen LogP contribution < -0.4 is 9.64 Å². The molecular formula is C24H23N3O4S2. The number of carbonyl (C=O) groups excluding carboxylic acids is 1. The first kappa shape index (κ1) is 22.9. The Morgan fingerprint density at radius 3 is 2.48 bits per heavy atom. The Balaban J connectivity index is 1.74. The SMILES string of the molecule is COc1cccc2sc(N(Cc3cccnc3)C(=O)c3ccc(S(=O)(=O)C(C)C)cc3)nc12. The van der Waals surface area contributed by atoms with Crippen LogP contribution in [0.4, 0.5) is 5.13 Å². The molecule has 0 unspecified atom stereocenters. The van der Waals surface area contributed by atoms with Gasteiger partial charge in [-0.05, 0) is 61.9 Å². The maximum atomic E-state index is 13.6. The van der Waals surface area contributed by atoms with Crippen LogP contribution in [0.1, 0.15) is 29.8 Å². The molecule has 1 amide bonds. The van der Waals surface area contributed by atoms with Crippen molar-refractivity contribution in [3.8, 4) is 5.75 Å². The highest BCUT2D eigenvalue weighted by atomic mass is 32.2. The molecule has 0 aliphatic rings. The molecule has 4 rings (SSSR count). The maximum Gasteiger partial charge on any atom is 0.260 e. The summed E-state index contributed by atoms with van der Waals surface area (Å²) in [6, 6.07) is 15.4. The van der Waals surface area contributed by atoms with Gasteiger partial charge < -0.3 is 4.74 Å². The third-order valence-electron chi connectivity index (χ3n) is 5.18. The highest BCUT2D eigenvalue weighted by Crippen LogP contribution is 2.35. The summed E-state index contributed by atoms with van der Waals surface area (Å²) in [6.07, 6.45) is 3.37. The molecule has 33 heavy (non-hydrogen) atoms. The van der Waals surface area contributed by atoms with Gasteiger partial charge in [-0.2, -0.15) is 0 Å². The summed E-state index contributed by atoms with van der Waals surface area (Å²) >= 11 is 1.39. The molecule has 0 bridgehead atoms. The Hall–Kier alpha value is -3.30. The Labute approximate surface area is 196 Å². The maximum absolute atomic E-state index is 13.6. The van der Waals surface area contributed by atoms with E-state index in [4.69, 9.17) is 4.74 Å². The zero-order valence-corrected chi connectivity index (χ0v) is 20.1. The molecule has 0 radical (unpaired) electrons. The van der Waals surface area contributed by atoms with Crippen LogP contribution in [0.2, 0.25) is 0 Å². The molecule has 0 saturated carbocycles.